The van der Waals surface area contributed by atoms with Crippen LogP contribution in [0.5, 0.6) is 0 Å². The normalized spacial score (nSPS) is 10.8. The highest BCUT2D eigenvalue weighted by Crippen LogP contribution is 2.25. The van der Waals surface area contributed by atoms with Crippen molar-refractivity contribution in [2.75, 3.05) is 5.32 Å². The van der Waals surface area contributed by atoms with E-state index in [1.807, 2.05) is 60.0 Å². The Hall–Kier alpha value is -3.46. The van der Waals surface area contributed by atoms with Crippen LogP contribution in [0.15, 0.2) is 64.5 Å². The summed E-state index contributed by atoms with van der Waals surface area (Å²) >= 11 is 1.44. The van der Waals surface area contributed by atoms with E-state index < -0.39 is 0 Å². The number of nitrogens with zero attached hydrogens (tertiary/aromatic N) is 5. The number of rotatable bonds is 6. The number of thioether (sulfide) groups is 1. The molecule has 2 aromatic heterocycles. The Morgan fingerprint density at radius 2 is 2.03 bits per heavy atom. The monoisotopic (exact) mass is 406 g/mol. The van der Waals surface area contributed by atoms with E-state index in [1.165, 1.54) is 24.2 Å². The summed E-state index contributed by atoms with van der Waals surface area (Å²) in [6, 6.07) is 15.4. The molecule has 1 amide bonds. The average Bonchev–Trinajstić information content (AvgIpc) is 3.36. The number of carbonyl (C=O) groups excluding carboxylic acids is 1. The van der Waals surface area contributed by atoms with Gasteiger partial charge in [0.15, 0.2) is 5.16 Å². The van der Waals surface area contributed by atoms with Crippen molar-refractivity contribution < 1.29 is 9.32 Å². The largest absolute Gasteiger partial charge is 0.338 e. The van der Waals surface area contributed by atoms with Gasteiger partial charge in [0.05, 0.1) is 11.4 Å². The lowest BCUT2D eigenvalue weighted by Crippen LogP contribution is -2.06. The Morgan fingerprint density at radius 1 is 1.21 bits per heavy atom. The molecular weight excluding hydrogens is 388 g/mol. The van der Waals surface area contributed by atoms with E-state index in [0.717, 1.165) is 11.3 Å². The number of anilines is 1. The first-order chi connectivity index (χ1) is 14.1. The third kappa shape index (κ3) is 4.52. The Morgan fingerprint density at radius 3 is 2.83 bits per heavy atom. The van der Waals surface area contributed by atoms with Gasteiger partial charge in [-0.2, -0.15) is 4.98 Å². The second-order valence-electron chi connectivity index (χ2n) is 6.38. The van der Waals surface area contributed by atoms with Crippen LogP contribution >= 0.6 is 11.8 Å². The van der Waals surface area contributed by atoms with Crippen LogP contribution in [0.1, 0.15) is 18.4 Å². The zero-order valence-electron chi connectivity index (χ0n) is 15.9. The molecule has 0 fully saturated rings. The van der Waals surface area contributed by atoms with Gasteiger partial charge in [-0.25, -0.2) is 0 Å². The first kappa shape index (κ1) is 18.9. The van der Waals surface area contributed by atoms with E-state index in [9.17, 15) is 4.79 Å². The molecular formula is C20H18N6O2S. The fourth-order valence-electron chi connectivity index (χ4n) is 2.70. The molecule has 4 aromatic rings. The van der Waals surface area contributed by atoms with Crippen molar-refractivity contribution >= 4 is 23.4 Å². The minimum absolute atomic E-state index is 0.124. The Labute approximate surface area is 171 Å². The maximum Gasteiger partial charge on any atom is 0.237 e. The fraction of sp³-hybridized carbons (Fsp3) is 0.150. The third-order valence-corrected chi connectivity index (χ3v) is 4.99. The molecule has 2 aromatic carbocycles. The highest BCUT2D eigenvalue weighted by Gasteiger charge is 2.13. The summed E-state index contributed by atoms with van der Waals surface area (Å²) in [6.07, 6.45) is 1.63. The molecule has 0 radical (unpaired) electrons. The SMILES string of the molecule is CC(=O)Nc1cccc(-n2cnnc2SCc2nc(-c3ccc(C)cc3)no2)c1. The molecule has 0 aliphatic heterocycles. The molecule has 29 heavy (non-hydrogen) atoms. The first-order valence-corrected chi connectivity index (χ1v) is 9.87. The van der Waals surface area contributed by atoms with Gasteiger partial charge in [0.1, 0.15) is 6.33 Å². The van der Waals surface area contributed by atoms with E-state index in [-0.39, 0.29) is 5.91 Å². The van der Waals surface area contributed by atoms with Crippen molar-refractivity contribution in [2.45, 2.75) is 24.8 Å². The summed E-state index contributed by atoms with van der Waals surface area (Å²) in [5.74, 6) is 1.40. The van der Waals surface area contributed by atoms with E-state index in [0.29, 0.717) is 28.3 Å². The van der Waals surface area contributed by atoms with Gasteiger partial charge < -0.3 is 9.84 Å². The van der Waals surface area contributed by atoms with Crippen molar-refractivity contribution in [1.82, 2.24) is 24.9 Å². The summed E-state index contributed by atoms with van der Waals surface area (Å²) in [4.78, 5) is 15.7. The molecule has 8 nitrogen and oxygen atoms in total. The Kier molecular flexibility index (Phi) is 5.39. The van der Waals surface area contributed by atoms with Gasteiger partial charge >= 0.3 is 0 Å². The van der Waals surface area contributed by atoms with Crippen molar-refractivity contribution in [3.8, 4) is 17.1 Å². The molecule has 0 saturated carbocycles. The number of benzene rings is 2. The van der Waals surface area contributed by atoms with Crippen LogP contribution < -0.4 is 5.32 Å². The first-order valence-electron chi connectivity index (χ1n) is 8.89. The maximum absolute atomic E-state index is 11.3. The van der Waals surface area contributed by atoms with Crippen molar-refractivity contribution in [1.29, 1.82) is 0 Å². The summed E-state index contributed by atoms with van der Waals surface area (Å²) in [5.41, 5.74) is 3.64. The molecule has 0 saturated heterocycles. The summed E-state index contributed by atoms with van der Waals surface area (Å²) in [6.45, 7) is 3.51. The maximum atomic E-state index is 11.3. The van der Waals surface area contributed by atoms with Crippen LogP contribution in [0.4, 0.5) is 5.69 Å². The average molecular weight is 406 g/mol. The summed E-state index contributed by atoms with van der Waals surface area (Å²) in [7, 11) is 0. The van der Waals surface area contributed by atoms with Crippen molar-refractivity contribution in [3.05, 3.63) is 66.3 Å². The number of aryl methyl sites for hydroxylation is 1. The van der Waals surface area contributed by atoms with E-state index in [2.05, 4.69) is 25.7 Å². The smallest absolute Gasteiger partial charge is 0.237 e. The van der Waals surface area contributed by atoms with Crippen LogP contribution in [0.2, 0.25) is 0 Å². The quantitative estimate of drug-likeness (QED) is 0.485. The molecule has 0 aliphatic carbocycles. The predicted octanol–water partition coefficient (Wildman–Crippen LogP) is 3.88. The second-order valence-corrected chi connectivity index (χ2v) is 7.32. The lowest BCUT2D eigenvalue weighted by atomic mass is 10.1. The lowest BCUT2D eigenvalue weighted by Gasteiger charge is -2.08. The van der Waals surface area contributed by atoms with Gasteiger partial charge in [-0.3, -0.25) is 9.36 Å². The molecule has 0 unspecified atom stereocenters. The van der Waals surface area contributed by atoms with Gasteiger partial charge in [0.25, 0.3) is 0 Å². The van der Waals surface area contributed by atoms with Crippen LogP contribution in [-0.2, 0) is 10.5 Å². The van der Waals surface area contributed by atoms with E-state index in [1.54, 1.807) is 6.33 Å². The third-order valence-electron chi connectivity index (χ3n) is 4.06. The molecule has 0 atom stereocenters. The number of aromatic nitrogens is 5. The standard InChI is InChI=1S/C20H18N6O2S/c1-13-6-8-15(9-7-13)19-23-18(28-25-19)11-29-20-24-21-12-26(20)17-5-3-4-16(10-17)22-14(2)27/h3-10,12H,11H2,1-2H3,(H,22,27). The van der Waals surface area contributed by atoms with Gasteiger partial charge in [0.2, 0.25) is 17.6 Å². The summed E-state index contributed by atoms with van der Waals surface area (Å²) in [5, 5.41) is 15.7. The number of hydrogen-bond acceptors (Lipinski definition) is 7. The minimum Gasteiger partial charge on any atom is -0.338 e. The zero-order valence-corrected chi connectivity index (χ0v) is 16.7. The second kappa shape index (κ2) is 8.27. The van der Waals surface area contributed by atoms with Crippen LogP contribution in [-0.4, -0.2) is 30.8 Å². The number of hydrogen-bond donors (Lipinski definition) is 1. The summed E-state index contributed by atoms with van der Waals surface area (Å²) < 4.78 is 7.21. The van der Waals surface area contributed by atoms with Crippen molar-refractivity contribution in [3.63, 3.8) is 0 Å². The molecule has 0 spiro atoms. The molecule has 2 heterocycles. The lowest BCUT2D eigenvalue weighted by molar-refractivity contribution is -0.114. The molecule has 146 valence electrons. The van der Waals surface area contributed by atoms with Crippen LogP contribution in [0.25, 0.3) is 17.1 Å². The number of amides is 1. The molecule has 0 bridgehead atoms. The number of nitrogens with one attached hydrogen (secondary N) is 1. The van der Waals surface area contributed by atoms with Crippen molar-refractivity contribution in [2.24, 2.45) is 0 Å². The zero-order chi connectivity index (χ0) is 20.2. The van der Waals surface area contributed by atoms with E-state index in [4.69, 9.17) is 4.52 Å². The van der Waals surface area contributed by atoms with E-state index >= 15 is 0 Å². The van der Waals surface area contributed by atoms with Crippen LogP contribution in [0.3, 0.4) is 0 Å². The Balaban J connectivity index is 1.48. The van der Waals surface area contributed by atoms with Gasteiger partial charge in [-0.15, -0.1) is 10.2 Å². The van der Waals surface area contributed by atoms with Crippen LogP contribution in [0, 0.1) is 6.92 Å². The number of carbonyl (C=O) groups is 1. The highest BCUT2D eigenvalue weighted by atomic mass is 32.2. The molecule has 1 N–H and O–H groups in total. The molecule has 4 rings (SSSR count). The minimum atomic E-state index is -0.124. The Bertz CT molecular complexity index is 1140. The molecule has 9 heteroatoms. The predicted molar refractivity (Wildman–Crippen MR) is 110 cm³/mol. The van der Waals surface area contributed by atoms with Gasteiger partial charge in [-0.05, 0) is 25.1 Å². The van der Waals surface area contributed by atoms with Gasteiger partial charge in [-0.1, -0.05) is 52.8 Å². The topological polar surface area (TPSA) is 98.7 Å². The fourth-order valence-corrected chi connectivity index (χ4v) is 3.46. The highest BCUT2D eigenvalue weighted by molar-refractivity contribution is 7.98. The van der Waals surface area contributed by atoms with Gasteiger partial charge in [0, 0.05) is 18.2 Å². The molecule has 0 aliphatic rings.